The molecule has 2 rings (SSSR count). The van der Waals surface area contributed by atoms with Crippen molar-refractivity contribution in [3.8, 4) is 11.1 Å². The number of aryl methyl sites for hydroxylation is 1. The third kappa shape index (κ3) is 3.54. The Hall–Kier alpha value is -1.94. The maximum atomic E-state index is 11.1. The van der Waals surface area contributed by atoms with Gasteiger partial charge in [0.25, 0.3) is 0 Å². The van der Waals surface area contributed by atoms with Crippen LogP contribution in [0.3, 0.4) is 0 Å². The van der Waals surface area contributed by atoms with Gasteiger partial charge in [0.1, 0.15) is 0 Å². The van der Waals surface area contributed by atoms with Gasteiger partial charge >= 0.3 is 5.97 Å². The first-order chi connectivity index (χ1) is 9.58. The van der Waals surface area contributed by atoms with Gasteiger partial charge in [-0.3, -0.25) is 4.79 Å². The Labute approximate surface area is 125 Å². The van der Waals surface area contributed by atoms with Gasteiger partial charge in [-0.05, 0) is 29.2 Å². The molecule has 0 aliphatic heterocycles. The molecule has 0 aromatic heterocycles. The fraction of sp³-hybridized carbons (Fsp3) is 0.125. The Bertz CT molecular complexity index is 635. The highest BCUT2D eigenvalue weighted by atomic mass is 79.9. The molecule has 0 unspecified atom stereocenters. The molecule has 0 bridgehead atoms. The predicted octanol–water partition coefficient (Wildman–Crippen LogP) is 3.70. The van der Waals surface area contributed by atoms with E-state index in [1.165, 1.54) is 0 Å². The van der Waals surface area contributed by atoms with Crippen molar-refractivity contribution in [1.29, 1.82) is 0 Å². The van der Waals surface area contributed by atoms with Crippen molar-refractivity contribution in [3.05, 3.63) is 58.6 Å². The second kappa shape index (κ2) is 6.48. The normalized spacial score (nSPS) is 10.2. The summed E-state index contributed by atoms with van der Waals surface area (Å²) in [5, 5.41) is 8.55. The van der Waals surface area contributed by atoms with E-state index >= 15 is 0 Å². The number of carboxylic acids is 1. The van der Waals surface area contributed by atoms with Gasteiger partial charge in [-0.2, -0.15) is 0 Å². The van der Waals surface area contributed by atoms with Gasteiger partial charge in [0.15, 0.2) is 0 Å². The van der Waals surface area contributed by atoms with E-state index in [0.717, 1.165) is 21.2 Å². The van der Waals surface area contributed by atoms with Gasteiger partial charge in [0, 0.05) is 10.9 Å². The summed E-state index contributed by atoms with van der Waals surface area (Å²) in [5.74, 6) is -2.13. The van der Waals surface area contributed by atoms with Crippen molar-refractivity contribution < 1.29 is 14.7 Å². The highest BCUT2D eigenvalue weighted by molar-refractivity contribution is 9.10. The van der Waals surface area contributed by atoms with E-state index in [1.54, 1.807) is 0 Å². The van der Waals surface area contributed by atoms with E-state index < -0.39 is 11.8 Å². The van der Waals surface area contributed by atoms with Crippen LogP contribution in [0.1, 0.15) is 12.0 Å². The fourth-order valence-corrected chi connectivity index (χ4v) is 2.59. The Kier molecular flexibility index (Phi) is 4.69. The molecule has 3 nitrogen and oxygen atoms in total. The number of benzene rings is 2. The van der Waals surface area contributed by atoms with Crippen molar-refractivity contribution in [1.82, 2.24) is 0 Å². The summed E-state index contributed by atoms with van der Waals surface area (Å²) in [5.41, 5.74) is 3.11. The van der Waals surface area contributed by atoms with Crippen LogP contribution in [-0.2, 0) is 16.0 Å². The number of carbonyl (C=O) groups is 2. The molecule has 20 heavy (non-hydrogen) atoms. The van der Waals surface area contributed by atoms with E-state index in [2.05, 4.69) is 15.9 Å². The fourth-order valence-electron chi connectivity index (χ4n) is 1.93. The van der Waals surface area contributed by atoms with E-state index in [4.69, 9.17) is 5.11 Å². The van der Waals surface area contributed by atoms with Crippen molar-refractivity contribution in [2.45, 2.75) is 12.8 Å². The summed E-state index contributed by atoms with van der Waals surface area (Å²) in [4.78, 5) is 21.5. The minimum Gasteiger partial charge on any atom is -0.476 e. The molecule has 0 radical (unpaired) electrons. The minimum atomic E-state index is -1.37. The van der Waals surface area contributed by atoms with E-state index in [9.17, 15) is 9.59 Å². The minimum absolute atomic E-state index is 0.0203. The average molecular weight is 333 g/mol. The topological polar surface area (TPSA) is 54.4 Å². The first-order valence-electron chi connectivity index (χ1n) is 6.18. The van der Waals surface area contributed by atoms with Crippen LogP contribution in [0.5, 0.6) is 0 Å². The lowest BCUT2D eigenvalue weighted by Crippen LogP contribution is -2.12. The van der Waals surface area contributed by atoms with Crippen LogP contribution < -0.4 is 0 Å². The number of aliphatic carboxylic acids is 1. The van der Waals surface area contributed by atoms with Crippen LogP contribution in [0.15, 0.2) is 53.0 Å². The lowest BCUT2D eigenvalue weighted by molar-refractivity contribution is -0.149. The SMILES string of the molecule is O=C(O)C(=O)CCc1ccc(-c2ccccc2)c(Br)c1. The van der Waals surface area contributed by atoms with E-state index in [1.807, 2.05) is 48.5 Å². The second-order valence-electron chi connectivity index (χ2n) is 4.41. The summed E-state index contributed by atoms with van der Waals surface area (Å²) >= 11 is 3.52. The van der Waals surface area contributed by atoms with Crippen LogP contribution in [0, 0.1) is 0 Å². The van der Waals surface area contributed by atoms with Crippen LogP contribution in [-0.4, -0.2) is 16.9 Å². The van der Waals surface area contributed by atoms with Crippen molar-refractivity contribution in [3.63, 3.8) is 0 Å². The number of rotatable bonds is 5. The summed E-state index contributed by atoms with van der Waals surface area (Å²) in [6, 6.07) is 15.8. The lowest BCUT2D eigenvalue weighted by Gasteiger charge is -2.07. The molecular formula is C16H13BrO3. The molecular weight excluding hydrogens is 320 g/mol. The molecule has 102 valence electrons. The molecule has 0 saturated carbocycles. The molecule has 2 aromatic carbocycles. The summed E-state index contributed by atoms with van der Waals surface area (Å²) in [6.07, 6.45) is 0.450. The maximum Gasteiger partial charge on any atom is 0.372 e. The Morgan fingerprint density at radius 1 is 1.05 bits per heavy atom. The Morgan fingerprint density at radius 2 is 1.75 bits per heavy atom. The number of Topliss-reactive ketones (excluding diaryl/α,β-unsaturated/α-hetero) is 1. The molecule has 0 saturated heterocycles. The van der Waals surface area contributed by atoms with Crippen LogP contribution in [0.2, 0.25) is 0 Å². The van der Waals surface area contributed by atoms with Crippen LogP contribution >= 0.6 is 15.9 Å². The molecule has 2 aromatic rings. The molecule has 0 amide bonds. The Balaban J connectivity index is 2.14. The molecule has 0 fully saturated rings. The highest BCUT2D eigenvalue weighted by Gasteiger charge is 2.11. The zero-order chi connectivity index (χ0) is 14.5. The van der Waals surface area contributed by atoms with Crippen LogP contribution in [0.4, 0.5) is 0 Å². The number of hydrogen-bond acceptors (Lipinski definition) is 2. The molecule has 0 spiro atoms. The van der Waals surface area contributed by atoms with Gasteiger partial charge in [0.05, 0.1) is 0 Å². The van der Waals surface area contributed by atoms with E-state index in [0.29, 0.717) is 6.42 Å². The van der Waals surface area contributed by atoms with Gasteiger partial charge < -0.3 is 5.11 Å². The number of carboxylic acid groups (broad SMARTS) is 1. The lowest BCUT2D eigenvalue weighted by atomic mass is 10.0. The summed E-state index contributed by atoms with van der Waals surface area (Å²) in [7, 11) is 0. The smallest absolute Gasteiger partial charge is 0.372 e. The molecule has 0 aliphatic rings. The largest absolute Gasteiger partial charge is 0.476 e. The summed E-state index contributed by atoms with van der Waals surface area (Å²) < 4.78 is 0.934. The van der Waals surface area contributed by atoms with Crippen molar-refractivity contribution in [2.24, 2.45) is 0 Å². The van der Waals surface area contributed by atoms with Crippen molar-refractivity contribution >= 4 is 27.7 Å². The van der Waals surface area contributed by atoms with Gasteiger partial charge in [-0.15, -0.1) is 0 Å². The number of carbonyl (C=O) groups excluding carboxylic acids is 1. The highest BCUT2D eigenvalue weighted by Crippen LogP contribution is 2.29. The van der Waals surface area contributed by atoms with Gasteiger partial charge in [-0.25, -0.2) is 4.79 Å². The third-order valence-electron chi connectivity index (χ3n) is 3.00. The van der Waals surface area contributed by atoms with Gasteiger partial charge in [-0.1, -0.05) is 58.4 Å². The van der Waals surface area contributed by atoms with Crippen LogP contribution in [0.25, 0.3) is 11.1 Å². The monoisotopic (exact) mass is 332 g/mol. The zero-order valence-electron chi connectivity index (χ0n) is 10.7. The standard InChI is InChI=1S/C16H13BrO3/c17-14-10-11(7-9-15(18)16(19)20)6-8-13(14)12-4-2-1-3-5-12/h1-6,8,10H,7,9H2,(H,19,20). The number of halogens is 1. The molecule has 0 atom stereocenters. The molecule has 0 heterocycles. The first kappa shape index (κ1) is 14.5. The quantitative estimate of drug-likeness (QED) is 0.849. The number of ketones is 1. The Morgan fingerprint density at radius 3 is 2.35 bits per heavy atom. The predicted molar refractivity (Wildman–Crippen MR) is 80.5 cm³/mol. The summed E-state index contributed by atoms with van der Waals surface area (Å²) in [6.45, 7) is 0. The molecule has 0 aliphatic carbocycles. The molecule has 4 heteroatoms. The average Bonchev–Trinajstić information content (AvgIpc) is 2.45. The first-order valence-corrected chi connectivity index (χ1v) is 6.97. The van der Waals surface area contributed by atoms with Crippen molar-refractivity contribution in [2.75, 3.05) is 0 Å². The third-order valence-corrected chi connectivity index (χ3v) is 3.65. The zero-order valence-corrected chi connectivity index (χ0v) is 12.3. The van der Waals surface area contributed by atoms with Gasteiger partial charge in [0.2, 0.25) is 5.78 Å². The maximum absolute atomic E-state index is 11.1. The van der Waals surface area contributed by atoms with E-state index in [-0.39, 0.29) is 6.42 Å². The number of hydrogen-bond donors (Lipinski definition) is 1. The molecule has 1 N–H and O–H groups in total. The second-order valence-corrected chi connectivity index (χ2v) is 5.26.